The van der Waals surface area contributed by atoms with Gasteiger partial charge in [0.15, 0.2) is 0 Å². The summed E-state index contributed by atoms with van der Waals surface area (Å²) in [5.41, 5.74) is 8.33. The predicted octanol–water partition coefficient (Wildman–Crippen LogP) is 3.87. The highest BCUT2D eigenvalue weighted by molar-refractivity contribution is 6.30. The van der Waals surface area contributed by atoms with Gasteiger partial charge in [0, 0.05) is 22.2 Å². The van der Waals surface area contributed by atoms with Gasteiger partial charge in [-0.3, -0.25) is 9.59 Å². The van der Waals surface area contributed by atoms with Crippen LogP contribution in [0.4, 0.5) is 0 Å². The Hall–Kier alpha value is -3.44. The molecule has 0 aliphatic carbocycles. The summed E-state index contributed by atoms with van der Waals surface area (Å²) in [5, 5.41) is 4.85. The van der Waals surface area contributed by atoms with Crippen molar-refractivity contribution in [3.8, 4) is 0 Å². The van der Waals surface area contributed by atoms with Crippen LogP contribution in [0.5, 0.6) is 0 Å². The molecule has 0 aliphatic rings. The lowest BCUT2D eigenvalue weighted by atomic mass is 10.0. The van der Waals surface area contributed by atoms with Crippen LogP contribution in [0, 0.1) is 0 Å². The van der Waals surface area contributed by atoms with Gasteiger partial charge in [0.05, 0.1) is 16.6 Å². The normalized spacial score (nSPS) is 12.0. The Balaban J connectivity index is 1.73. The second-order valence-corrected chi connectivity index (χ2v) is 7.22. The second-order valence-electron chi connectivity index (χ2n) is 6.78. The molecule has 6 heteroatoms. The number of primary amides is 1. The van der Waals surface area contributed by atoms with Gasteiger partial charge < -0.3 is 11.1 Å². The molecule has 4 rings (SSSR count). The number of aromatic nitrogens is 1. The minimum atomic E-state index is -0.852. The number of nitrogens with one attached hydrogen (secondary N) is 1. The number of benzene rings is 3. The van der Waals surface area contributed by atoms with Gasteiger partial charge >= 0.3 is 0 Å². The molecule has 4 aromatic rings. The van der Waals surface area contributed by atoms with Gasteiger partial charge in [0.25, 0.3) is 5.91 Å². The maximum atomic E-state index is 13.3. The predicted molar refractivity (Wildman–Crippen MR) is 115 cm³/mol. The molecule has 0 spiro atoms. The lowest BCUT2D eigenvalue weighted by molar-refractivity contribution is -0.119. The first-order valence-electron chi connectivity index (χ1n) is 9.15. The van der Waals surface area contributed by atoms with Gasteiger partial charge in [0.2, 0.25) is 5.91 Å². The van der Waals surface area contributed by atoms with Gasteiger partial charge in [-0.1, -0.05) is 60.1 Å². The minimum absolute atomic E-state index is 0.277. The molecular weight excluding hydrogens is 386 g/mol. The van der Waals surface area contributed by atoms with Gasteiger partial charge in [-0.05, 0) is 29.8 Å². The molecule has 0 aliphatic heterocycles. The zero-order valence-electron chi connectivity index (χ0n) is 15.4. The minimum Gasteiger partial charge on any atom is -0.368 e. The molecule has 0 radical (unpaired) electrons. The third-order valence-corrected chi connectivity index (χ3v) is 5.07. The molecule has 0 saturated heterocycles. The van der Waals surface area contributed by atoms with Crippen LogP contribution in [-0.4, -0.2) is 22.8 Å². The first kappa shape index (κ1) is 18.9. The molecule has 0 saturated carbocycles. The van der Waals surface area contributed by atoms with Crippen LogP contribution in [0.1, 0.15) is 15.9 Å². The molecule has 144 valence electrons. The fourth-order valence-electron chi connectivity index (χ4n) is 3.39. The monoisotopic (exact) mass is 403 g/mol. The van der Waals surface area contributed by atoms with Gasteiger partial charge in [-0.25, -0.2) is 4.98 Å². The zero-order chi connectivity index (χ0) is 20.4. The lowest BCUT2D eigenvalue weighted by Crippen LogP contribution is -2.46. The lowest BCUT2D eigenvalue weighted by Gasteiger charge is -2.17. The molecule has 1 heterocycles. The molecule has 0 fully saturated rings. The first-order valence-corrected chi connectivity index (χ1v) is 9.53. The van der Waals surface area contributed by atoms with Crippen LogP contribution in [0.2, 0.25) is 5.02 Å². The Morgan fingerprint density at radius 1 is 0.897 bits per heavy atom. The van der Waals surface area contributed by atoms with E-state index in [1.54, 1.807) is 12.1 Å². The largest absolute Gasteiger partial charge is 0.368 e. The van der Waals surface area contributed by atoms with Gasteiger partial charge in [-0.2, -0.15) is 0 Å². The number of para-hydroxylation sites is 2. The van der Waals surface area contributed by atoms with E-state index in [9.17, 15) is 9.59 Å². The maximum absolute atomic E-state index is 13.3. The van der Waals surface area contributed by atoms with Crippen molar-refractivity contribution in [2.24, 2.45) is 5.73 Å². The number of rotatable bonds is 5. The molecule has 0 unspecified atom stereocenters. The Bertz CT molecular complexity index is 1170. The standard InChI is InChI=1S/C23H18ClN3O2/c24-15-11-9-14(10-12-15)13-20(22(25)28)27-23(29)21-16-5-1-3-7-18(16)26-19-8-4-2-6-17(19)21/h1-12,20H,13H2,(H2,25,28)(H,27,29)/t20-/m1/s1. The van der Waals surface area contributed by atoms with E-state index in [1.807, 2.05) is 60.7 Å². The Kier molecular flexibility index (Phi) is 5.14. The topological polar surface area (TPSA) is 85.1 Å². The van der Waals surface area contributed by atoms with Crippen molar-refractivity contribution >= 4 is 45.2 Å². The smallest absolute Gasteiger partial charge is 0.253 e. The quantitative estimate of drug-likeness (QED) is 0.496. The van der Waals surface area contributed by atoms with Crippen molar-refractivity contribution in [3.05, 3.63) is 88.9 Å². The average molecular weight is 404 g/mol. The number of hydrogen-bond donors (Lipinski definition) is 2. The molecule has 5 nitrogen and oxygen atoms in total. The summed E-state index contributed by atoms with van der Waals surface area (Å²) in [6.45, 7) is 0. The third-order valence-electron chi connectivity index (χ3n) is 4.82. The van der Waals surface area contributed by atoms with E-state index in [0.717, 1.165) is 16.3 Å². The van der Waals surface area contributed by atoms with Crippen LogP contribution in [0.3, 0.4) is 0 Å². The molecule has 3 N–H and O–H groups in total. The van der Waals surface area contributed by atoms with E-state index in [0.29, 0.717) is 21.6 Å². The number of carbonyl (C=O) groups is 2. The van der Waals surface area contributed by atoms with Crippen molar-refractivity contribution in [3.63, 3.8) is 0 Å². The summed E-state index contributed by atoms with van der Waals surface area (Å²) >= 11 is 5.92. The van der Waals surface area contributed by atoms with Crippen molar-refractivity contribution in [2.45, 2.75) is 12.5 Å². The number of pyridine rings is 1. The zero-order valence-corrected chi connectivity index (χ0v) is 16.2. The molecule has 29 heavy (non-hydrogen) atoms. The summed E-state index contributed by atoms with van der Waals surface area (Å²) in [4.78, 5) is 29.9. The number of amides is 2. The fraction of sp³-hybridized carbons (Fsp3) is 0.0870. The maximum Gasteiger partial charge on any atom is 0.253 e. The molecule has 3 aromatic carbocycles. The Morgan fingerprint density at radius 2 is 1.45 bits per heavy atom. The van der Waals surface area contributed by atoms with Crippen molar-refractivity contribution in [2.75, 3.05) is 0 Å². The summed E-state index contributed by atoms with van der Waals surface area (Å²) in [5.74, 6) is -0.964. The SMILES string of the molecule is NC(=O)[C@@H](Cc1ccc(Cl)cc1)NC(=O)c1c2ccccc2nc2ccccc12. The summed E-state index contributed by atoms with van der Waals surface area (Å²) in [6.07, 6.45) is 0.277. The summed E-state index contributed by atoms with van der Waals surface area (Å²) < 4.78 is 0. The van der Waals surface area contributed by atoms with Crippen LogP contribution < -0.4 is 11.1 Å². The van der Waals surface area contributed by atoms with E-state index in [1.165, 1.54) is 0 Å². The molecular formula is C23H18ClN3O2. The van der Waals surface area contributed by atoms with E-state index < -0.39 is 11.9 Å². The number of halogens is 1. The van der Waals surface area contributed by atoms with Gasteiger partial charge in [0.1, 0.15) is 6.04 Å². The summed E-state index contributed by atoms with van der Waals surface area (Å²) in [6, 6.07) is 21.1. The second kappa shape index (κ2) is 7.89. The number of carbonyl (C=O) groups excluding carboxylic acids is 2. The summed E-state index contributed by atoms with van der Waals surface area (Å²) in [7, 11) is 0. The number of nitrogens with two attached hydrogens (primary N) is 1. The highest BCUT2D eigenvalue weighted by Gasteiger charge is 2.22. The highest BCUT2D eigenvalue weighted by atomic mass is 35.5. The van der Waals surface area contributed by atoms with E-state index >= 15 is 0 Å². The Labute approximate surface area is 172 Å². The van der Waals surface area contributed by atoms with Crippen molar-refractivity contribution in [1.82, 2.24) is 10.3 Å². The number of hydrogen-bond acceptors (Lipinski definition) is 3. The van der Waals surface area contributed by atoms with Crippen molar-refractivity contribution < 1.29 is 9.59 Å². The van der Waals surface area contributed by atoms with Crippen LogP contribution >= 0.6 is 11.6 Å². The highest BCUT2D eigenvalue weighted by Crippen LogP contribution is 2.26. The number of nitrogens with zero attached hydrogens (tertiary/aromatic N) is 1. The van der Waals surface area contributed by atoms with E-state index in [2.05, 4.69) is 10.3 Å². The van der Waals surface area contributed by atoms with Gasteiger partial charge in [-0.15, -0.1) is 0 Å². The number of fused-ring (bicyclic) bond motifs is 2. The van der Waals surface area contributed by atoms with E-state index in [4.69, 9.17) is 17.3 Å². The fourth-order valence-corrected chi connectivity index (χ4v) is 3.52. The van der Waals surface area contributed by atoms with Crippen LogP contribution in [-0.2, 0) is 11.2 Å². The van der Waals surface area contributed by atoms with Crippen molar-refractivity contribution in [1.29, 1.82) is 0 Å². The molecule has 0 bridgehead atoms. The van der Waals surface area contributed by atoms with E-state index in [-0.39, 0.29) is 12.3 Å². The Morgan fingerprint density at radius 3 is 2.00 bits per heavy atom. The van der Waals surface area contributed by atoms with Crippen LogP contribution in [0.15, 0.2) is 72.8 Å². The molecule has 2 amide bonds. The molecule has 1 atom stereocenters. The molecule has 1 aromatic heterocycles. The average Bonchev–Trinajstić information content (AvgIpc) is 2.72. The van der Waals surface area contributed by atoms with Crippen LogP contribution in [0.25, 0.3) is 21.8 Å². The third kappa shape index (κ3) is 3.91. The first-order chi connectivity index (χ1) is 14.0.